The lowest BCUT2D eigenvalue weighted by Gasteiger charge is -2.07. The van der Waals surface area contributed by atoms with Gasteiger partial charge in [0.15, 0.2) is 5.65 Å². The minimum absolute atomic E-state index is 0.184. The molecule has 4 heterocycles. The number of fused-ring (bicyclic) bond motifs is 1. The summed E-state index contributed by atoms with van der Waals surface area (Å²) in [4.78, 5) is 36.7. The highest BCUT2D eigenvalue weighted by atomic mass is 16.2. The van der Waals surface area contributed by atoms with Crippen LogP contribution in [0.25, 0.3) is 16.9 Å². The Morgan fingerprint density at radius 1 is 1.21 bits per heavy atom. The average molecular weight is 371 g/mol. The molecule has 0 saturated heterocycles. The van der Waals surface area contributed by atoms with Crippen molar-refractivity contribution in [3.63, 3.8) is 0 Å². The van der Waals surface area contributed by atoms with Gasteiger partial charge < -0.3 is 4.98 Å². The second-order valence-electron chi connectivity index (χ2n) is 6.73. The third-order valence-corrected chi connectivity index (χ3v) is 4.99. The molecule has 1 fully saturated rings. The number of imidazole rings is 1. The van der Waals surface area contributed by atoms with Crippen LogP contribution < -0.4 is 11.2 Å². The van der Waals surface area contributed by atoms with E-state index in [0.717, 1.165) is 23.2 Å². The number of rotatable bonds is 3. The van der Waals surface area contributed by atoms with Crippen molar-refractivity contribution < 1.29 is 0 Å². The predicted octanol–water partition coefficient (Wildman–Crippen LogP) is 1.31. The second-order valence-corrected chi connectivity index (χ2v) is 6.73. The maximum Gasteiger partial charge on any atom is 0.325 e. The van der Waals surface area contributed by atoms with Crippen LogP contribution in [0, 0.1) is 11.3 Å². The molecule has 0 spiro atoms. The molecule has 0 aromatic carbocycles. The van der Waals surface area contributed by atoms with Gasteiger partial charge in [-0.2, -0.15) is 10.4 Å². The Balaban J connectivity index is 1.60. The molecule has 28 heavy (non-hydrogen) atoms. The molecular formula is C19H13N7O2. The Bertz CT molecular complexity index is 1380. The van der Waals surface area contributed by atoms with Crippen LogP contribution in [0.1, 0.15) is 34.9 Å². The van der Waals surface area contributed by atoms with Crippen molar-refractivity contribution in [3.8, 4) is 17.3 Å². The highest BCUT2D eigenvalue weighted by molar-refractivity contribution is 5.63. The number of aromatic amines is 2. The maximum atomic E-state index is 12.2. The van der Waals surface area contributed by atoms with Crippen LogP contribution in [-0.2, 0) is 0 Å². The summed E-state index contributed by atoms with van der Waals surface area (Å²) in [5, 5.41) is 13.5. The van der Waals surface area contributed by atoms with Gasteiger partial charge in [0.25, 0.3) is 5.56 Å². The van der Waals surface area contributed by atoms with E-state index in [9.17, 15) is 9.59 Å². The minimum Gasteiger partial charge on any atom is -0.313 e. The van der Waals surface area contributed by atoms with Gasteiger partial charge >= 0.3 is 5.69 Å². The topological polar surface area (TPSA) is 133 Å². The fourth-order valence-corrected chi connectivity index (χ4v) is 3.57. The van der Waals surface area contributed by atoms with Crippen LogP contribution >= 0.6 is 0 Å². The molecule has 5 rings (SSSR count). The molecule has 2 atom stereocenters. The monoisotopic (exact) mass is 371 g/mol. The summed E-state index contributed by atoms with van der Waals surface area (Å²) in [5.41, 5.74) is 2.90. The van der Waals surface area contributed by atoms with Crippen molar-refractivity contribution in [2.75, 3.05) is 0 Å². The Hall–Kier alpha value is -4.06. The van der Waals surface area contributed by atoms with Gasteiger partial charge in [-0.25, -0.2) is 14.3 Å². The normalized spacial score (nSPS) is 18.1. The smallest absolute Gasteiger partial charge is 0.313 e. The standard InChI is InChI=1S/C19H13N7O2/c20-6-10-3-11(8-21-7-10)12-4-13(12)14-5-16(25-26-2-1-22-17(14)26)15-9-23-19(28)24-18(15)27/h1-3,5,7-9,12-13H,4H2,(H2,23,24,27,28)/t12-,13+/m1/s1. The second kappa shape index (κ2) is 5.99. The molecule has 1 saturated carbocycles. The van der Waals surface area contributed by atoms with Crippen LogP contribution in [0.4, 0.5) is 0 Å². The van der Waals surface area contributed by atoms with E-state index in [1.807, 2.05) is 12.1 Å². The van der Waals surface area contributed by atoms with Crippen molar-refractivity contribution in [2.45, 2.75) is 18.3 Å². The molecule has 2 N–H and O–H groups in total. The highest BCUT2D eigenvalue weighted by Gasteiger charge is 2.41. The lowest BCUT2D eigenvalue weighted by atomic mass is 10.0. The predicted molar refractivity (Wildman–Crippen MR) is 98.7 cm³/mol. The first-order valence-electron chi connectivity index (χ1n) is 8.66. The summed E-state index contributed by atoms with van der Waals surface area (Å²) in [6.07, 6.45) is 8.95. The van der Waals surface area contributed by atoms with Crippen LogP contribution in [0.3, 0.4) is 0 Å². The molecule has 4 aromatic heterocycles. The summed E-state index contributed by atoms with van der Waals surface area (Å²) in [5.74, 6) is 0.412. The zero-order valence-corrected chi connectivity index (χ0v) is 14.5. The van der Waals surface area contributed by atoms with E-state index in [4.69, 9.17) is 5.26 Å². The van der Waals surface area contributed by atoms with E-state index >= 15 is 0 Å². The van der Waals surface area contributed by atoms with Crippen molar-refractivity contribution >= 4 is 5.65 Å². The minimum atomic E-state index is -0.565. The van der Waals surface area contributed by atoms with Crippen LogP contribution in [0.2, 0.25) is 0 Å². The molecule has 136 valence electrons. The Labute approximate surface area is 157 Å². The van der Waals surface area contributed by atoms with E-state index in [0.29, 0.717) is 11.3 Å². The Kier molecular flexibility index (Phi) is 3.45. The van der Waals surface area contributed by atoms with Gasteiger partial charge in [-0.1, -0.05) is 0 Å². The zero-order valence-electron chi connectivity index (χ0n) is 14.5. The third kappa shape index (κ3) is 2.59. The van der Waals surface area contributed by atoms with Gasteiger partial charge in [-0.15, -0.1) is 0 Å². The fourth-order valence-electron chi connectivity index (χ4n) is 3.57. The molecule has 9 nitrogen and oxygen atoms in total. The van der Waals surface area contributed by atoms with E-state index < -0.39 is 11.2 Å². The van der Waals surface area contributed by atoms with E-state index in [2.05, 4.69) is 31.1 Å². The first-order valence-corrected chi connectivity index (χ1v) is 8.66. The molecule has 0 amide bonds. The lowest BCUT2D eigenvalue weighted by Crippen LogP contribution is -2.23. The Morgan fingerprint density at radius 3 is 2.93 bits per heavy atom. The van der Waals surface area contributed by atoms with Crippen molar-refractivity contribution in [1.82, 2.24) is 29.5 Å². The summed E-state index contributed by atoms with van der Waals surface area (Å²) in [6.45, 7) is 0. The molecule has 0 bridgehead atoms. The number of nitrogens with zero attached hydrogens (tertiary/aromatic N) is 5. The van der Waals surface area contributed by atoms with Gasteiger partial charge in [0.05, 0.1) is 16.8 Å². The summed E-state index contributed by atoms with van der Waals surface area (Å²) < 4.78 is 1.63. The molecule has 0 aliphatic heterocycles. The van der Waals surface area contributed by atoms with Gasteiger partial charge in [0, 0.05) is 36.5 Å². The SMILES string of the molecule is N#Cc1cncc([C@H]2C[C@@H]2c2cc(-c3c[nH]c(=O)[nH]c3=O)nn3ccnc23)c1. The number of nitrogens with one attached hydrogen (secondary N) is 2. The molecule has 1 aliphatic carbocycles. The van der Waals surface area contributed by atoms with Gasteiger partial charge in [-0.3, -0.25) is 14.8 Å². The molecule has 1 aliphatic rings. The zero-order chi connectivity index (χ0) is 19.3. The van der Waals surface area contributed by atoms with Gasteiger partial charge in [0.2, 0.25) is 0 Å². The average Bonchev–Trinajstić information content (AvgIpc) is 3.36. The van der Waals surface area contributed by atoms with Crippen LogP contribution in [0.15, 0.2) is 52.7 Å². The van der Waals surface area contributed by atoms with Crippen LogP contribution in [-0.4, -0.2) is 29.5 Å². The van der Waals surface area contributed by atoms with E-state index in [1.165, 1.54) is 6.20 Å². The van der Waals surface area contributed by atoms with Gasteiger partial charge in [-0.05, 0) is 36.0 Å². The molecule has 0 radical (unpaired) electrons. The first-order chi connectivity index (χ1) is 13.6. The maximum absolute atomic E-state index is 12.2. The van der Waals surface area contributed by atoms with Gasteiger partial charge in [0.1, 0.15) is 6.07 Å². The number of aromatic nitrogens is 6. The number of pyridine rings is 1. The number of H-pyrrole nitrogens is 2. The first kappa shape index (κ1) is 16.1. The quantitative estimate of drug-likeness (QED) is 0.558. The molecule has 9 heteroatoms. The number of hydrogen-bond donors (Lipinski definition) is 2. The van der Waals surface area contributed by atoms with E-state index in [-0.39, 0.29) is 17.4 Å². The molecule has 0 unspecified atom stereocenters. The van der Waals surface area contributed by atoms with Crippen molar-refractivity contribution in [3.05, 3.63) is 80.6 Å². The number of nitriles is 1. The van der Waals surface area contributed by atoms with E-state index in [1.54, 1.807) is 29.3 Å². The number of hydrogen-bond acceptors (Lipinski definition) is 6. The largest absolute Gasteiger partial charge is 0.325 e. The summed E-state index contributed by atoms with van der Waals surface area (Å²) >= 11 is 0. The third-order valence-electron chi connectivity index (χ3n) is 4.99. The molecule has 4 aromatic rings. The lowest BCUT2D eigenvalue weighted by molar-refractivity contribution is 0.905. The highest BCUT2D eigenvalue weighted by Crippen LogP contribution is 2.55. The van der Waals surface area contributed by atoms with Crippen molar-refractivity contribution in [2.24, 2.45) is 0 Å². The van der Waals surface area contributed by atoms with Crippen molar-refractivity contribution in [1.29, 1.82) is 5.26 Å². The van der Waals surface area contributed by atoms with Crippen LogP contribution in [0.5, 0.6) is 0 Å². The Morgan fingerprint density at radius 2 is 2.11 bits per heavy atom. The molecular weight excluding hydrogens is 358 g/mol. The summed E-state index contributed by atoms with van der Waals surface area (Å²) in [7, 11) is 0. The summed E-state index contributed by atoms with van der Waals surface area (Å²) in [6, 6.07) is 5.82. The fraction of sp³-hybridized carbons (Fsp3) is 0.158.